The Balaban J connectivity index is 1.93. The number of nitrogens with zero attached hydrogens (tertiary/aromatic N) is 3. The first-order chi connectivity index (χ1) is 10.1. The maximum absolute atomic E-state index is 12.2. The number of hydrogen-bond acceptors (Lipinski definition) is 4. The Kier molecular flexibility index (Phi) is 3.31. The van der Waals surface area contributed by atoms with Crippen molar-refractivity contribution in [3.05, 3.63) is 59.5 Å². The second-order valence-electron chi connectivity index (χ2n) is 4.77. The van der Waals surface area contributed by atoms with Crippen LogP contribution < -0.4 is 5.32 Å². The maximum Gasteiger partial charge on any atom is 0.256 e. The van der Waals surface area contributed by atoms with E-state index >= 15 is 0 Å². The van der Waals surface area contributed by atoms with Crippen LogP contribution >= 0.6 is 0 Å². The van der Waals surface area contributed by atoms with Crippen molar-refractivity contribution in [3.63, 3.8) is 0 Å². The monoisotopic (exact) mass is 278 g/mol. The van der Waals surface area contributed by atoms with E-state index in [1.807, 2.05) is 26.0 Å². The summed E-state index contributed by atoms with van der Waals surface area (Å²) in [6.45, 7) is 3.83. The fourth-order valence-corrected chi connectivity index (χ4v) is 2.00. The van der Waals surface area contributed by atoms with Gasteiger partial charge in [-0.1, -0.05) is 6.07 Å². The zero-order valence-electron chi connectivity index (χ0n) is 11.8. The summed E-state index contributed by atoms with van der Waals surface area (Å²) in [5.41, 5.74) is 3.79. The van der Waals surface area contributed by atoms with Gasteiger partial charge in [-0.05, 0) is 44.2 Å². The van der Waals surface area contributed by atoms with Crippen LogP contribution in [0, 0.1) is 13.8 Å². The number of nitrogens with one attached hydrogen (secondary N) is 1. The normalized spacial score (nSPS) is 10.6. The van der Waals surface area contributed by atoms with Gasteiger partial charge in [0.1, 0.15) is 5.82 Å². The van der Waals surface area contributed by atoms with E-state index in [2.05, 4.69) is 20.3 Å². The summed E-state index contributed by atoms with van der Waals surface area (Å²) in [6.07, 6.45) is 1.63. The van der Waals surface area contributed by atoms with E-state index < -0.39 is 0 Å². The number of fused-ring (bicyclic) bond motifs is 1. The summed E-state index contributed by atoms with van der Waals surface area (Å²) < 4.78 is 0. The standard InChI is InChI=1S/C16H14N4O/c1-10-11(2)19-14-9-12(6-7-13(14)18-10)16(21)20-15-5-3-4-8-17-15/h3-9H,1-2H3,(H,17,20,21). The number of benzene rings is 1. The van der Waals surface area contributed by atoms with Crippen molar-refractivity contribution in [3.8, 4) is 0 Å². The first-order valence-electron chi connectivity index (χ1n) is 6.61. The van der Waals surface area contributed by atoms with Gasteiger partial charge in [0.15, 0.2) is 0 Å². The van der Waals surface area contributed by atoms with E-state index in [0.717, 1.165) is 16.9 Å². The highest BCUT2D eigenvalue weighted by atomic mass is 16.1. The molecule has 0 fully saturated rings. The molecule has 0 saturated carbocycles. The van der Waals surface area contributed by atoms with Gasteiger partial charge in [-0.3, -0.25) is 4.79 Å². The second-order valence-corrected chi connectivity index (χ2v) is 4.77. The summed E-state index contributed by atoms with van der Waals surface area (Å²) in [5.74, 6) is 0.310. The van der Waals surface area contributed by atoms with E-state index in [0.29, 0.717) is 16.9 Å². The van der Waals surface area contributed by atoms with Crippen LogP contribution in [0.25, 0.3) is 11.0 Å². The molecule has 5 nitrogen and oxygen atoms in total. The van der Waals surface area contributed by atoms with Crippen LogP contribution in [0.3, 0.4) is 0 Å². The van der Waals surface area contributed by atoms with Crippen LogP contribution in [0.2, 0.25) is 0 Å². The maximum atomic E-state index is 12.2. The molecule has 1 amide bonds. The number of carbonyl (C=O) groups is 1. The topological polar surface area (TPSA) is 67.8 Å². The molecule has 1 aromatic carbocycles. The lowest BCUT2D eigenvalue weighted by Gasteiger charge is -2.06. The Labute approximate surface area is 122 Å². The number of carbonyl (C=O) groups excluding carboxylic acids is 1. The van der Waals surface area contributed by atoms with E-state index in [1.165, 1.54) is 0 Å². The Morgan fingerprint density at radius 1 is 1.00 bits per heavy atom. The lowest BCUT2D eigenvalue weighted by atomic mass is 10.1. The van der Waals surface area contributed by atoms with Crippen LogP contribution in [0.1, 0.15) is 21.7 Å². The largest absolute Gasteiger partial charge is 0.307 e. The van der Waals surface area contributed by atoms with Crippen LogP contribution in [-0.4, -0.2) is 20.9 Å². The minimum atomic E-state index is -0.212. The average Bonchev–Trinajstić information content (AvgIpc) is 2.49. The number of hydrogen-bond donors (Lipinski definition) is 1. The Morgan fingerprint density at radius 2 is 1.76 bits per heavy atom. The first-order valence-corrected chi connectivity index (χ1v) is 6.61. The molecule has 0 aliphatic rings. The number of anilines is 1. The van der Waals surface area contributed by atoms with Gasteiger partial charge < -0.3 is 5.32 Å². The SMILES string of the molecule is Cc1nc2ccc(C(=O)Nc3ccccn3)cc2nc1C. The molecule has 0 unspecified atom stereocenters. The number of aromatic nitrogens is 3. The average molecular weight is 278 g/mol. The smallest absolute Gasteiger partial charge is 0.256 e. The van der Waals surface area contributed by atoms with Crippen LogP contribution in [-0.2, 0) is 0 Å². The molecule has 0 saturated heterocycles. The quantitative estimate of drug-likeness (QED) is 0.782. The summed E-state index contributed by atoms with van der Waals surface area (Å²) >= 11 is 0. The lowest BCUT2D eigenvalue weighted by molar-refractivity contribution is 0.102. The molecule has 3 rings (SSSR count). The summed E-state index contributed by atoms with van der Waals surface area (Å²) in [5, 5.41) is 2.75. The minimum absolute atomic E-state index is 0.212. The molecule has 0 aliphatic heterocycles. The minimum Gasteiger partial charge on any atom is -0.307 e. The van der Waals surface area contributed by atoms with Gasteiger partial charge in [0.2, 0.25) is 0 Å². The summed E-state index contributed by atoms with van der Waals surface area (Å²) in [4.78, 5) is 25.2. The van der Waals surface area contributed by atoms with Crippen molar-refractivity contribution in [1.29, 1.82) is 0 Å². The molecule has 0 spiro atoms. The third-order valence-electron chi connectivity index (χ3n) is 3.24. The van der Waals surface area contributed by atoms with Gasteiger partial charge in [-0.25, -0.2) is 15.0 Å². The van der Waals surface area contributed by atoms with Crippen LogP contribution in [0.15, 0.2) is 42.6 Å². The third-order valence-corrected chi connectivity index (χ3v) is 3.24. The molecule has 0 radical (unpaired) electrons. The van der Waals surface area contributed by atoms with Gasteiger partial charge >= 0.3 is 0 Å². The predicted octanol–water partition coefficient (Wildman–Crippen LogP) is 2.89. The van der Waals surface area contributed by atoms with Gasteiger partial charge in [-0.15, -0.1) is 0 Å². The fourth-order valence-electron chi connectivity index (χ4n) is 2.00. The molecule has 5 heteroatoms. The molecule has 2 aromatic heterocycles. The van der Waals surface area contributed by atoms with Gasteiger partial charge in [0, 0.05) is 11.8 Å². The second kappa shape index (κ2) is 5.28. The number of amides is 1. The third kappa shape index (κ3) is 2.72. The van der Waals surface area contributed by atoms with Crippen molar-refractivity contribution in [2.45, 2.75) is 13.8 Å². The zero-order chi connectivity index (χ0) is 14.8. The predicted molar refractivity (Wildman–Crippen MR) is 81.2 cm³/mol. The molecule has 0 aliphatic carbocycles. The van der Waals surface area contributed by atoms with E-state index in [-0.39, 0.29) is 5.91 Å². The number of aryl methyl sites for hydroxylation is 2. The fraction of sp³-hybridized carbons (Fsp3) is 0.125. The molecule has 21 heavy (non-hydrogen) atoms. The molecule has 3 aromatic rings. The molecular weight excluding hydrogens is 264 g/mol. The van der Waals surface area contributed by atoms with Gasteiger partial charge in [-0.2, -0.15) is 0 Å². The van der Waals surface area contributed by atoms with Crippen molar-refractivity contribution in [2.75, 3.05) is 5.32 Å². The molecule has 1 N–H and O–H groups in total. The Hall–Kier alpha value is -2.82. The van der Waals surface area contributed by atoms with E-state index in [4.69, 9.17) is 0 Å². The summed E-state index contributed by atoms with van der Waals surface area (Å²) in [6, 6.07) is 10.7. The van der Waals surface area contributed by atoms with Crippen molar-refractivity contribution < 1.29 is 4.79 Å². The molecule has 2 heterocycles. The van der Waals surface area contributed by atoms with Crippen LogP contribution in [0.5, 0.6) is 0 Å². The van der Waals surface area contributed by atoms with Crippen molar-refractivity contribution in [2.24, 2.45) is 0 Å². The Morgan fingerprint density at radius 3 is 2.48 bits per heavy atom. The zero-order valence-corrected chi connectivity index (χ0v) is 11.8. The number of pyridine rings is 1. The molecule has 104 valence electrons. The van der Waals surface area contributed by atoms with Crippen molar-refractivity contribution >= 4 is 22.8 Å². The molecule has 0 bridgehead atoms. The molecule has 0 atom stereocenters. The van der Waals surface area contributed by atoms with Crippen molar-refractivity contribution in [1.82, 2.24) is 15.0 Å². The highest BCUT2D eigenvalue weighted by Gasteiger charge is 2.09. The highest BCUT2D eigenvalue weighted by molar-refractivity contribution is 6.05. The van der Waals surface area contributed by atoms with Gasteiger partial charge in [0.25, 0.3) is 5.91 Å². The van der Waals surface area contributed by atoms with E-state index in [9.17, 15) is 4.79 Å². The molecular formula is C16H14N4O. The van der Waals surface area contributed by atoms with Gasteiger partial charge in [0.05, 0.1) is 22.4 Å². The van der Waals surface area contributed by atoms with E-state index in [1.54, 1.807) is 30.5 Å². The lowest BCUT2D eigenvalue weighted by Crippen LogP contribution is -2.12. The van der Waals surface area contributed by atoms with Crippen LogP contribution in [0.4, 0.5) is 5.82 Å². The first kappa shape index (κ1) is 13.2. The number of rotatable bonds is 2. The highest BCUT2D eigenvalue weighted by Crippen LogP contribution is 2.15. The summed E-state index contributed by atoms with van der Waals surface area (Å²) in [7, 11) is 0. The Bertz CT molecular complexity index is 815.